The molecule has 0 spiro atoms. The molecule has 6 heteroatoms. The second-order valence-corrected chi connectivity index (χ2v) is 5.24. The second kappa shape index (κ2) is 5.37. The van der Waals surface area contributed by atoms with Crippen LogP contribution in [0, 0.1) is 11.3 Å². The molecule has 1 fully saturated rings. The first-order valence-electron chi connectivity index (χ1n) is 6.94. The Morgan fingerprint density at radius 1 is 1.29 bits per heavy atom. The molecule has 0 bridgehead atoms. The highest BCUT2D eigenvalue weighted by molar-refractivity contribution is 5.92. The number of nitrogens with zero attached hydrogens (tertiary/aromatic N) is 4. The highest BCUT2D eigenvalue weighted by Gasteiger charge is 2.36. The molecule has 1 N–H and O–H groups in total. The summed E-state index contributed by atoms with van der Waals surface area (Å²) >= 11 is 0. The number of carbonyl (C=O) groups is 1. The van der Waals surface area contributed by atoms with Crippen LogP contribution in [0.4, 0.5) is 0 Å². The number of hydrogen-bond donors (Lipinski definition) is 1. The lowest BCUT2D eigenvalue weighted by molar-refractivity contribution is 0.0915. The average molecular weight is 281 g/mol. The smallest absolute Gasteiger partial charge is 0.274 e. The monoisotopic (exact) mass is 281 g/mol. The van der Waals surface area contributed by atoms with E-state index in [1.807, 2.05) is 30.3 Å². The zero-order valence-electron chi connectivity index (χ0n) is 11.5. The van der Waals surface area contributed by atoms with Crippen molar-refractivity contribution in [2.75, 3.05) is 0 Å². The van der Waals surface area contributed by atoms with E-state index < -0.39 is 5.54 Å². The highest BCUT2D eigenvalue weighted by atomic mass is 16.2. The van der Waals surface area contributed by atoms with Crippen molar-refractivity contribution in [1.29, 1.82) is 5.26 Å². The van der Waals surface area contributed by atoms with Crippen molar-refractivity contribution < 1.29 is 4.79 Å². The number of hydrogen-bond acceptors (Lipinski definition) is 4. The van der Waals surface area contributed by atoms with Gasteiger partial charge in [-0.1, -0.05) is 23.4 Å². The molecule has 1 aromatic heterocycles. The van der Waals surface area contributed by atoms with E-state index in [0.717, 1.165) is 18.5 Å². The van der Waals surface area contributed by atoms with E-state index in [0.29, 0.717) is 12.8 Å². The lowest BCUT2D eigenvalue weighted by Crippen LogP contribution is -2.45. The summed E-state index contributed by atoms with van der Waals surface area (Å²) in [6, 6.07) is 11.7. The predicted molar refractivity (Wildman–Crippen MR) is 75.6 cm³/mol. The first kappa shape index (κ1) is 13.3. The van der Waals surface area contributed by atoms with Crippen LogP contribution in [0.1, 0.15) is 36.2 Å². The molecule has 0 saturated heterocycles. The number of para-hydroxylation sites is 1. The van der Waals surface area contributed by atoms with Gasteiger partial charge in [0, 0.05) is 0 Å². The lowest BCUT2D eigenvalue weighted by Gasteiger charge is -2.20. The van der Waals surface area contributed by atoms with Crippen LogP contribution in [0.5, 0.6) is 0 Å². The number of rotatable bonds is 3. The van der Waals surface area contributed by atoms with Gasteiger partial charge in [-0.3, -0.25) is 4.79 Å². The minimum Gasteiger partial charge on any atom is -0.332 e. The Labute approximate surface area is 122 Å². The molecule has 1 amide bonds. The van der Waals surface area contributed by atoms with Gasteiger partial charge in [-0.25, -0.2) is 4.68 Å². The van der Waals surface area contributed by atoms with Gasteiger partial charge in [0.1, 0.15) is 5.54 Å². The molecule has 1 saturated carbocycles. The predicted octanol–water partition coefficient (Wildman–Crippen LogP) is 1.83. The molecule has 1 heterocycles. The Hall–Kier alpha value is -2.68. The average Bonchev–Trinajstić information content (AvgIpc) is 3.18. The van der Waals surface area contributed by atoms with E-state index in [-0.39, 0.29) is 11.6 Å². The van der Waals surface area contributed by atoms with Gasteiger partial charge < -0.3 is 5.32 Å². The fourth-order valence-corrected chi connectivity index (χ4v) is 2.60. The van der Waals surface area contributed by atoms with Crippen LogP contribution in [0.2, 0.25) is 0 Å². The van der Waals surface area contributed by atoms with Crippen molar-refractivity contribution >= 4 is 5.91 Å². The molecule has 1 aliphatic rings. The third kappa shape index (κ3) is 2.63. The van der Waals surface area contributed by atoms with E-state index >= 15 is 0 Å². The van der Waals surface area contributed by atoms with Gasteiger partial charge in [-0.05, 0) is 37.8 Å². The fourth-order valence-electron chi connectivity index (χ4n) is 2.60. The molecular formula is C15H15N5O. The van der Waals surface area contributed by atoms with Gasteiger partial charge in [0.2, 0.25) is 0 Å². The molecule has 0 unspecified atom stereocenters. The van der Waals surface area contributed by atoms with Gasteiger partial charge >= 0.3 is 0 Å². The molecule has 3 rings (SSSR count). The summed E-state index contributed by atoms with van der Waals surface area (Å²) in [7, 11) is 0. The SMILES string of the molecule is N#CC1(NC(=O)c2cn(-c3ccccc3)nn2)CCCC1. The molecule has 0 atom stereocenters. The molecule has 0 radical (unpaired) electrons. The summed E-state index contributed by atoms with van der Waals surface area (Å²) in [5.41, 5.74) is 0.313. The summed E-state index contributed by atoms with van der Waals surface area (Å²) in [5.74, 6) is -0.347. The molecule has 0 aliphatic heterocycles. The molecule has 21 heavy (non-hydrogen) atoms. The zero-order chi connectivity index (χ0) is 14.7. The van der Waals surface area contributed by atoms with Crippen LogP contribution >= 0.6 is 0 Å². The van der Waals surface area contributed by atoms with Crippen LogP contribution in [0.15, 0.2) is 36.5 Å². The van der Waals surface area contributed by atoms with Crippen LogP contribution in [-0.2, 0) is 0 Å². The van der Waals surface area contributed by atoms with E-state index in [1.54, 1.807) is 10.9 Å². The first-order valence-corrected chi connectivity index (χ1v) is 6.94. The fraction of sp³-hybridized carbons (Fsp3) is 0.333. The molecule has 106 valence electrons. The van der Waals surface area contributed by atoms with Crippen molar-refractivity contribution in [1.82, 2.24) is 20.3 Å². The standard InChI is InChI=1S/C15H15N5O/c16-11-15(8-4-5-9-15)17-14(21)13-10-20(19-18-13)12-6-2-1-3-7-12/h1-3,6-7,10H,4-5,8-9H2,(H,17,21). The number of aromatic nitrogens is 3. The van der Waals surface area contributed by atoms with Crippen molar-refractivity contribution in [3.63, 3.8) is 0 Å². The van der Waals surface area contributed by atoms with E-state index in [2.05, 4.69) is 21.7 Å². The zero-order valence-corrected chi connectivity index (χ0v) is 11.5. The lowest BCUT2D eigenvalue weighted by atomic mass is 10.00. The third-order valence-electron chi connectivity index (χ3n) is 3.77. The Bertz CT molecular complexity index is 680. The third-order valence-corrected chi connectivity index (χ3v) is 3.77. The number of amides is 1. The highest BCUT2D eigenvalue weighted by Crippen LogP contribution is 2.29. The summed E-state index contributed by atoms with van der Waals surface area (Å²) in [5, 5.41) is 19.9. The van der Waals surface area contributed by atoms with Crippen LogP contribution < -0.4 is 5.32 Å². The van der Waals surface area contributed by atoms with Crippen LogP contribution in [0.25, 0.3) is 5.69 Å². The number of nitriles is 1. The van der Waals surface area contributed by atoms with Crippen LogP contribution in [-0.4, -0.2) is 26.4 Å². The van der Waals surface area contributed by atoms with E-state index in [9.17, 15) is 10.1 Å². The minimum absolute atomic E-state index is 0.223. The van der Waals surface area contributed by atoms with Crippen LogP contribution in [0.3, 0.4) is 0 Å². The summed E-state index contributed by atoms with van der Waals surface area (Å²) in [4.78, 5) is 12.2. The van der Waals surface area contributed by atoms with Gasteiger partial charge in [0.25, 0.3) is 5.91 Å². The van der Waals surface area contributed by atoms with E-state index in [1.165, 1.54) is 0 Å². The maximum Gasteiger partial charge on any atom is 0.274 e. The molecule has 1 aliphatic carbocycles. The topological polar surface area (TPSA) is 83.6 Å². The van der Waals surface area contributed by atoms with Crippen molar-refractivity contribution in [3.8, 4) is 11.8 Å². The van der Waals surface area contributed by atoms with E-state index in [4.69, 9.17) is 0 Å². The van der Waals surface area contributed by atoms with Gasteiger partial charge in [-0.2, -0.15) is 5.26 Å². The second-order valence-electron chi connectivity index (χ2n) is 5.24. The minimum atomic E-state index is -0.742. The Kier molecular flexibility index (Phi) is 3.40. The number of carbonyl (C=O) groups excluding carboxylic acids is 1. The van der Waals surface area contributed by atoms with Gasteiger partial charge in [0.15, 0.2) is 5.69 Å². The quantitative estimate of drug-likeness (QED) is 0.930. The Balaban J connectivity index is 1.77. The summed E-state index contributed by atoms with van der Waals surface area (Å²) < 4.78 is 1.54. The largest absolute Gasteiger partial charge is 0.332 e. The van der Waals surface area contributed by atoms with Crippen molar-refractivity contribution in [3.05, 3.63) is 42.2 Å². The molecule has 2 aromatic rings. The molecule has 1 aromatic carbocycles. The molecule has 6 nitrogen and oxygen atoms in total. The van der Waals surface area contributed by atoms with Crippen molar-refractivity contribution in [2.24, 2.45) is 0 Å². The normalized spacial score (nSPS) is 16.3. The first-order chi connectivity index (χ1) is 10.2. The van der Waals surface area contributed by atoms with Crippen molar-refractivity contribution in [2.45, 2.75) is 31.2 Å². The summed E-state index contributed by atoms with van der Waals surface area (Å²) in [6.45, 7) is 0. The number of benzene rings is 1. The number of nitrogens with one attached hydrogen (secondary N) is 1. The Morgan fingerprint density at radius 2 is 2.00 bits per heavy atom. The van der Waals surface area contributed by atoms with Gasteiger partial charge in [0.05, 0.1) is 18.0 Å². The Morgan fingerprint density at radius 3 is 2.67 bits per heavy atom. The van der Waals surface area contributed by atoms with Gasteiger partial charge in [-0.15, -0.1) is 5.10 Å². The maximum absolute atomic E-state index is 12.2. The summed E-state index contributed by atoms with van der Waals surface area (Å²) in [6.07, 6.45) is 4.89. The maximum atomic E-state index is 12.2. The molecular weight excluding hydrogens is 266 g/mol.